The Labute approximate surface area is 132 Å². The van der Waals surface area contributed by atoms with Crippen LogP contribution >= 0.6 is 0 Å². The molecule has 9 atom stereocenters. The maximum absolute atomic E-state index is 13.3. The molecule has 0 nitrogen and oxygen atoms in total. The SMILES string of the molecule is CC1C(C)C2CC1C1C3CC(CC(C)(C)C(F)(F)F)C(C3)C21. The lowest BCUT2D eigenvalue weighted by Gasteiger charge is -2.45. The maximum Gasteiger partial charge on any atom is 0.393 e. The van der Waals surface area contributed by atoms with Gasteiger partial charge in [0, 0.05) is 0 Å². The van der Waals surface area contributed by atoms with Crippen molar-refractivity contribution in [2.24, 2.45) is 58.7 Å². The van der Waals surface area contributed by atoms with Gasteiger partial charge >= 0.3 is 6.18 Å². The predicted molar refractivity (Wildman–Crippen MR) is 81.1 cm³/mol. The van der Waals surface area contributed by atoms with Crippen LogP contribution in [0.4, 0.5) is 13.2 Å². The highest BCUT2D eigenvalue weighted by Gasteiger charge is 2.66. The lowest BCUT2D eigenvalue weighted by Crippen LogP contribution is -2.41. The average Bonchev–Trinajstić information content (AvgIpc) is 3.07. The summed E-state index contributed by atoms with van der Waals surface area (Å²) in [6, 6.07) is 0. The molecule has 3 heteroatoms. The second-order valence-corrected chi connectivity index (χ2v) is 9.68. The van der Waals surface area contributed by atoms with Gasteiger partial charge in [0.2, 0.25) is 0 Å². The van der Waals surface area contributed by atoms with Gasteiger partial charge in [-0.2, -0.15) is 13.2 Å². The number of fused-ring (bicyclic) bond motifs is 9. The molecule has 4 aliphatic rings. The molecule has 0 N–H and O–H groups in total. The highest BCUT2D eigenvalue weighted by atomic mass is 19.4. The Balaban J connectivity index is 1.53. The molecule has 0 saturated heterocycles. The molecule has 0 aromatic rings. The minimum atomic E-state index is -4.06. The van der Waals surface area contributed by atoms with Gasteiger partial charge in [-0.05, 0) is 78.9 Å². The second kappa shape index (κ2) is 4.45. The van der Waals surface area contributed by atoms with Gasteiger partial charge < -0.3 is 0 Å². The summed E-state index contributed by atoms with van der Waals surface area (Å²) < 4.78 is 39.8. The Morgan fingerprint density at radius 3 is 2.00 bits per heavy atom. The van der Waals surface area contributed by atoms with Crippen molar-refractivity contribution in [3.05, 3.63) is 0 Å². The Hall–Kier alpha value is -0.210. The highest BCUT2D eigenvalue weighted by molar-refractivity contribution is 5.14. The summed E-state index contributed by atoms with van der Waals surface area (Å²) in [7, 11) is 0. The van der Waals surface area contributed by atoms with Gasteiger partial charge in [0.05, 0.1) is 5.41 Å². The summed E-state index contributed by atoms with van der Waals surface area (Å²) in [5.74, 6) is 6.64. The monoisotopic (exact) mass is 314 g/mol. The van der Waals surface area contributed by atoms with E-state index in [4.69, 9.17) is 0 Å². The van der Waals surface area contributed by atoms with Crippen molar-refractivity contribution in [1.29, 1.82) is 0 Å². The van der Waals surface area contributed by atoms with Gasteiger partial charge in [0.15, 0.2) is 0 Å². The van der Waals surface area contributed by atoms with Crippen LogP contribution in [-0.2, 0) is 0 Å². The number of rotatable bonds is 2. The fourth-order valence-corrected chi connectivity index (χ4v) is 7.37. The van der Waals surface area contributed by atoms with E-state index in [9.17, 15) is 13.2 Å². The first-order chi connectivity index (χ1) is 10.1. The highest BCUT2D eigenvalue weighted by Crippen LogP contribution is 2.72. The molecule has 126 valence electrons. The molecule has 0 aromatic carbocycles. The first-order valence-electron chi connectivity index (χ1n) is 9.18. The van der Waals surface area contributed by atoms with Crippen molar-refractivity contribution in [2.75, 3.05) is 0 Å². The fraction of sp³-hybridized carbons (Fsp3) is 1.00. The Morgan fingerprint density at radius 1 is 0.818 bits per heavy atom. The van der Waals surface area contributed by atoms with E-state index in [0.29, 0.717) is 18.3 Å². The molecule has 9 unspecified atom stereocenters. The lowest BCUT2D eigenvalue weighted by atomic mass is 9.60. The molecule has 4 bridgehead atoms. The zero-order valence-electron chi connectivity index (χ0n) is 14.2. The molecule has 0 aliphatic heterocycles. The summed E-state index contributed by atoms with van der Waals surface area (Å²) in [4.78, 5) is 0. The average molecular weight is 314 g/mol. The van der Waals surface area contributed by atoms with Crippen molar-refractivity contribution >= 4 is 0 Å². The lowest BCUT2D eigenvalue weighted by molar-refractivity contribution is -0.219. The molecule has 0 heterocycles. The van der Waals surface area contributed by atoms with Crippen LogP contribution in [0.3, 0.4) is 0 Å². The normalized spacial score (nSPS) is 53.3. The molecule has 0 aromatic heterocycles. The number of hydrogen-bond donors (Lipinski definition) is 0. The summed E-state index contributed by atoms with van der Waals surface area (Å²) in [5.41, 5.74) is -1.52. The van der Waals surface area contributed by atoms with E-state index >= 15 is 0 Å². The van der Waals surface area contributed by atoms with Gasteiger partial charge in [0.1, 0.15) is 0 Å². The van der Waals surface area contributed by atoms with E-state index in [0.717, 1.165) is 47.8 Å². The molecule has 0 amide bonds. The minimum absolute atomic E-state index is 0.324. The van der Waals surface area contributed by atoms with Gasteiger partial charge in [-0.3, -0.25) is 0 Å². The van der Waals surface area contributed by atoms with E-state index in [1.807, 2.05) is 0 Å². The quantitative estimate of drug-likeness (QED) is 0.567. The maximum atomic E-state index is 13.3. The van der Waals surface area contributed by atoms with Crippen molar-refractivity contribution in [2.45, 2.75) is 59.6 Å². The van der Waals surface area contributed by atoms with Crippen LogP contribution in [0.1, 0.15) is 53.4 Å². The van der Waals surface area contributed by atoms with Gasteiger partial charge in [-0.1, -0.05) is 27.7 Å². The Kier molecular flexibility index (Phi) is 3.10. The van der Waals surface area contributed by atoms with Crippen molar-refractivity contribution < 1.29 is 13.2 Å². The molecule has 4 fully saturated rings. The van der Waals surface area contributed by atoms with Crippen molar-refractivity contribution in [3.8, 4) is 0 Å². The zero-order valence-corrected chi connectivity index (χ0v) is 14.2. The number of halogens is 3. The van der Waals surface area contributed by atoms with Crippen molar-refractivity contribution in [3.63, 3.8) is 0 Å². The minimum Gasteiger partial charge on any atom is -0.171 e. The van der Waals surface area contributed by atoms with E-state index < -0.39 is 11.6 Å². The molecule has 4 aliphatic carbocycles. The molecule has 4 rings (SSSR count). The third-order valence-corrected chi connectivity index (χ3v) is 8.52. The Morgan fingerprint density at radius 2 is 1.41 bits per heavy atom. The first-order valence-corrected chi connectivity index (χ1v) is 9.18. The van der Waals surface area contributed by atoms with Crippen LogP contribution in [0.2, 0.25) is 0 Å². The molecule has 0 radical (unpaired) electrons. The summed E-state index contributed by atoms with van der Waals surface area (Å²) >= 11 is 0. The second-order valence-electron chi connectivity index (χ2n) is 9.68. The predicted octanol–water partition coefficient (Wildman–Crippen LogP) is 5.78. The van der Waals surface area contributed by atoms with Crippen LogP contribution in [0, 0.1) is 58.7 Å². The van der Waals surface area contributed by atoms with Gasteiger partial charge in [-0.15, -0.1) is 0 Å². The van der Waals surface area contributed by atoms with E-state index in [1.165, 1.54) is 26.7 Å². The molecule has 4 saturated carbocycles. The summed E-state index contributed by atoms with van der Waals surface area (Å²) in [6.45, 7) is 7.62. The zero-order chi connectivity index (χ0) is 16.0. The molecule has 22 heavy (non-hydrogen) atoms. The van der Waals surface area contributed by atoms with Crippen LogP contribution < -0.4 is 0 Å². The van der Waals surface area contributed by atoms with Crippen LogP contribution in [-0.4, -0.2) is 6.18 Å². The molecular weight excluding hydrogens is 285 g/mol. The topological polar surface area (TPSA) is 0 Å². The number of hydrogen-bond acceptors (Lipinski definition) is 0. The van der Waals surface area contributed by atoms with E-state index in [2.05, 4.69) is 13.8 Å². The fourth-order valence-electron chi connectivity index (χ4n) is 7.37. The van der Waals surface area contributed by atoms with E-state index in [-0.39, 0.29) is 0 Å². The van der Waals surface area contributed by atoms with E-state index in [1.54, 1.807) is 0 Å². The number of alkyl halides is 3. The smallest absolute Gasteiger partial charge is 0.171 e. The largest absolute Gasteiger partial charge is 0.393 e. The van der Waals surface area contributed by atoms with Crippen LogP contribution in [0.15, 0.2) is 0 Å². The summed E-state index contributed by atoms with van der Waals surface area (Å²) in [6.07, 6.45) is -0.0248. The Bertz CT molecular complexity index is 466. The third-order valence-electron chi connectivity index (χ3n) is 8.52. The third kappa shape index (κ3) is 1.83. The van der Waals surface area contributed by atoms with Crippen molar-refractivity contribution in [1.82, 2.24) is 0 Å². The molecule has 0 spiro atoms. The van der Waals surface area contributed by atoms with Gasteiger partial charge in [0.25, 0.3) is 0 Å². The van der Waals surface area contributed by atoms with Crippen LogP contribution in [0.5, 0.6) is 0 Å². The van der Waals surface area contributed by atoms with Crippen LogP contribution in [0.25, 0.3) is 0 Å². The summed E-state index contributed by atoms with van der Waals surface area (Å²) in [5, 5.41) is 0. The van der Waals surface area contributed by atoms with Gasteiger partial charge in [-0.25, -0.2) is 0 Å². The standard InChI is InChI=1S/C19H29F3/c1-9-10(2)14-7-13(9)16-11-5-12(15(6-11)17(14)16)8-18(3,4)19(20,21)22/h9-17H,5-8H2,1-4H3. The molecular formula is C19H29F3. The first kappa shape index (κ1) is 15.3.